The second-order valence-electron chi connectivity index (χ2n) is 10.5. The lowest BCUT2D eigenvalue weighted by molar-refractivity contribution is -0.278. The summed E-state index contributed by atoms with van der Waals surface area (Å²) in [5.74, 6) is -0.311. The fourth-order valence-electron chi connectivity index (χ4n) is 9.43. The maximum absolute atomic E-state index is 11.9. The molecule has 146 valence electrons. The van der Waals surface area contributed by atoms with Crippen LogP contribution in [0.4, 0.5) is 0 Å². The first kappa shape index (κ1) is 16.7. The Hall–Kier alpha value is -0.240. The summed E-state index contributed by atoms with van der Waals surface area (Å²) in [6, 6.07) is 0.0123. The molecule has 13 atom stereocenters. The highest BCUT2D eigenvalue weighted by molar-refractivity contribution is 5.33. The van der Waals surface area contributed by atoms with Gasteiger partial charge in [0.25, 0.3) is 0 Å². The molecule has 6 heteroatoms. The Bertz CT molecular complexity index is 660. The summed E-state index contributed by atoms with van der Waals surface area (Å²) in [5.41, 5.74) is -1.51. The maximum atomic E-state index is 11.9. The van der Waals surface area contributed by atoms with Gasteiger partial charge in [0.15, 0.2) is 0 Å². The molecule has 1 saturated heterocycles. The average Bonchev–Trinajstić information content (AvgIpc) is 3.02. The van der Waals surface area contributed by atoms with Crippen LogP contribution in [0.25, 0.3) is 0 Å². The third-order valence-electron chi connectivity index (χ3n) is 10.2. The molecular weight excluding hydrogens is 334 g/mol. The molecule has 1 aliphatic heterocycles. The van der Waals surface area contributed by atoms with Crippen LogP contribution in [0.3, 0.4) is 0 Å². The first-order valence-corrected chi connectivity index (χ1v) is 10.3. The first-order chi connectivity index (χ1) is 12.3. The number of hydrogen-bond acceptors (Lipinski definition) is 6. The minimum atomic E-state index is -1.34. The number of ether oxygens (including phenoxy) is 1. The van der Waals surface area contributed by atoms with E-state index < -0.39 is 30.0 Å². The molecule has 0 radical (unpaired) electrons. The summed E-state index contributed by atoms with van der Waals surface area (Å²) < 4.78 is 5.59. The summed E-state index contributed by atoms with van der Waals surface area (Å²) in [6.07, 6.45) is 0.745. The number of aliphatic hydroxyl groups excluding tert-OH is 3. The molecular formula is C20H31NO5. The van der Waals surface area contributed by atoms with Crippen LogP contribution in [0, 0.1) is 40.4 Å². The van der Waals surface area contributed by atoms with E-state index in [0.717, 1.165) is 32.2 Å². The lowest BCUT2D eigenvalue weighted by Crippen LogP contribution is -2.77. The van der Waals surface area contributed by atoms with Gasteiger partial charge in [-0.1, -0.05) is 6.92 Å². The minimum Gasteiger partial charge on any atom is -0.392 e. The number of fused-ring (bicyclic) bond motifs is 2. The van der Waals surface area contributed by atoms with Gasteiger partial charge in [-0.25, -0.2) is 0 Å². The quantitative estimate of drug-likeness (QED) is 0.429. The molecule has 0 unspecified atom stereocenters. The number of nitrogens with one attached hydrogen (secondary N) is 1. The van der Waals surface area contributed by atoms with Crippen molar-refractivity contribution in [2.75, 3.05) is 13.7 Å². The second-order valence-corrected chi connectivity index (χ2v) is 10.5. The molecule has 5 saturated carbocycles. The summed E-state index contributed by atoms with van der Waals surface area (Å²) in [4.78, 5) is 0. The van der Waals surface area contributed by atoms with Gasteiger partial charge in [0.2, 0.25) is 0 Å². The molecule has 0 aromatic heterocycles. The predicted octanol–water partition coefficient (Wildman–Crippen LogP) is -0.511. The van der Waals surface area contributed by atoms with Gasteiger partial charge in [0.05, 0.1) is 18.3 Å². The van der Waals surface area contributed by atoms with Crippen LogP contribution >= 0.6 is 0 Å². The molecule has 0 amide bonds. The first-order valence-electron chi connectivity index (χ1n) is 10.3. The van der Waals surface area contributed by atoms with Gasteiger partial charge in [-0.15, -0.1) is 0 Å². The Morgan fingerprint density at radius 3 is 2.62 bits per heavy atom. The topological polar surface area (TPSA) is 102 Å². The zero-order valence-corrected chi connectivity index (χ0v) is 15.5. The molecule has 6 aliphatic rings. The molecule has 5 N–H and O–H groups in total. The number of rotatable bonds is 1. The average molecular weight is 365 g/mol. The van der Waals surface area contributed by atoms with E-state index in [0.29, 0.717) is 5.92 Å². The third-order valence-corrected chi connectivity index (χ3v) is 10.2. The zero-order valence-electron chi connectivity index (χ0n) is 15.5. The number of aliphatic hydroxyl groups is 4. The van der Waals surface area contributed by atoms with Gasteiger partial charge in [-0.2, -0.15) is 0 Å². The van der Waals surface area contributed by atoms with Crippen LogP contribution in [-0.4, -0.2) is 70.1 Å². The Labute approximate surface area is 153 Å². The zero-order chi connectivity index (χ0) is 18.2. The van der Waals surface area contributed by atoms with E-state index in [9.17, 15) is 20.4 Å². The van der Waals surface area contributed by atoms with Gasteiger partial charge in [0, 0.05) is 42.9 Å². The van der Waals surface area contributed by atoms with E-state index in [4.69, 9.17) is 4.74 Å². The molecule has 0 aromatic carbocycles. The summed E-state index contributed by atoms with van der Waals surface area (Å²) in [7, 11) is 1.56. The fourth-order valence-corrected chi connectivity index (χ4v) is 9.43. The molecule has 6 fully saturated rings. The summed E-state index contributed by atoms with van der Waals surface area (Å²) in [5, 5.41) is 49.3. The standard InChI is InChI=1S/C20H31NO5/c1-18-4-3-12(22)19-9-5-8-14(23)13(9)20(25,17(24)15(8)26-2)10(6-11(18)19)16(19)21-7-18/h8-17,21-25H,3-7H2,1-2H3/t8-,9+,10-,11+,12-,13+,14-,15+,16+,17-,18-,19+,20-/m0/s1. The lowest BCUT2D eigenvalue weighted by atomic mass is 9.44. The van der Waals surface area contributed by atoms with E-state index in [1.165, 1.54) is 0 Å². The minimum absolute atomic E-state index is 0.0123. The molecule has 6 rings (SSSR count). The van der Waals surface area contributed by atoms with Crippen LogP contribution in [0.15, 0.2) is 0 Å². The fraction of sp³-hybridized carbons (Fsp3) is 1.00. The van der Waals surface area contributed by atoms with Gasteiger partial charge in [-0.3, -0.25) is 0 Å². The summed E-state index contributed by atoms with van der Waals surface area (Å²) >= 11 is 0. The van der Waals surface area contributed by atoms with Crippen LogP contribution in [0.2, 0.25) is 0 Å². The van der Waals surface area contributed by atoms with E-state index in [-0.39, 0.29) is 40.5 Å². The van der Waals surface area contributed by atoms with Crippen molar-refractivity contribution in [3.8, 4) is 0 Å². The monoisotopic (exact) mass is 365 g/mol. The van der Waals surface area contributed by atoms with E-state index >= 15 is 0 Å². The Morgan fingerprint density at radius 2 is 1.88 bits per heavy atom. The van der Waals surface area contributed by atoms with E-state index in [1.54, 1.807) is 7.11 Å². The molecule has 26 heavy (non-hydrogen) atoms. The van der Waals surface area contributed by atoms with Crippen molar-refractivity contribution < 1.29 is 25.2 Å². The molecule has 5 aliphatic carbocycles. The number of methoxy groups -OCH3 is 1. The van der Waals surface area contributed by atoms with Gasteiger partial charge >= 0.3 is 0 Å². The molecule has 1 heterocycles. The van der Waals surface area contributed by atoms with Crippen molar-refractivity contribution >= 4 is 0 Å². The Kier molecular flexibility index (Phi) is 2.99. The highest BCUT2D eigenvalue weighted by Gasteiger charge is 2.83. The van der Waals surface area contributed by atoms with Crippen LogP contribution in [0.1, 0.15) is 32.6 Å². The van der Waals surface area contributed by atoms with Gasteiger partial charge < -0.3 is 30.5 Å². The van der Waals surface area contributed by atoms with Crippen molar-refractivity contribution in [1.82, 2.24) is 5.32 Å². The molecule has 7 bridgehead atoms. The Morgan fingerprint density at radius 1 is 1.12 bits per heavy atom. The molecule has 1 spiro atoms. The van der Waals surface area contributed by atoms with Crippen molar-refractivity contribution in [2.45, 2.75) is 68.7 Å². The maximum Gasteiger partial charge on any atom is 0.110 e. The SMILES string of the molecule is CO[C@@H]1[C@H]2C[C@@H]3[C@H]([C@H]2O)[C@](O)([C@H]1O)[C@H]1C[C@@H]2[C@@]4(C)CC[C@H](O)[C@@]32[C@@H]1NC4. The summed E-state index contributed by atoms with van der Waals surface area (Å²) in [6.45, 7) is 3.24. The van der Waals surface area contributed by atoms with Crippen molar-refractivity contribution in [3.05, 3.63) is 0 Å². The van der Waals surface area contributed by atoms with Crippen LogP contribution < -0.4 is 5.32 Å². The molecule has 0 aromatic rings. The number of hydrogen-bond donors (Lipinski definition) is 5. The third kappa shape index (κ3) is 1.40. The van der Waals surface area contributed by atoms with Gasteiger partial charge in [0.1, 0.15) is 11.7 Å². The van der Waals surface area contributed by atoms with Crippen molar-refractivity contribution in [1.29, 1.82) is 0 Å². The Balaban J connectivity index is 1.60. The highest BCUT2D eigenvalue weighted by Crippen LogP contribution is 2.77. The van der Waals surface area contributed by atoms with E-state index in [2.05, 4.69) is 12.2 Å². The normalized spacial score (nSPS) is 70.4. The smallest absolute Gasteiger partial charge is 0.110 e. The second kappa shape index (κ2) is 4.66. The lowest BCUT2D eigenvalue weighted by Gasteiger charge is -2.66. The van der Waals surface area contributed by atoms with E-state index in [1.807, 2.05) is 0 Å². The van der Waals surface area contributed by atoms with Gasteiger partial charge in [-0.05, 0) is 42.9 Å². The number of piperidine rings is 1. The van der Waals surface area contributed by atoms with Crippen LogP contribution in [0.5, 0.6) is 0 Å². The molecule has 6 nitrogen and oxygen atoms in total. The predicted molar refractivity (Wildman–Crippen MR) is 92.0 cm³/mol. The largest absolute Gasteiger partial charge is 0.392 e. The van der Waals surface area contributed by atoms with Crippen LogP contribution in [-0.2, 0) is 4.74 Å². The highest BCUT2D eigenvalue weighted by atomic mass is 16.5. The van der Waals surface area contributed by atoms with Crippen molar-refractivity contribution in [2.24, 2.45) is 40.4 Å². The van der Waals surface area contributed by atoms with Crippen molar-refractivity contribution in [3.63, 3.8) is 0 Å².